The molecular formula is C126H90S3. The lowest BCUT2D eigenvalue weighted by Gasteiger charge is -2.23. The van der Waals surface area contributed by atoms with Gasteiger partial charge in [-0.3, -0.25) is 0 Å². The van der Waals surface area contributed by atoms with Crippen molar-refractivity contribution in [1.29, 1.82) is 0 Å². The van der Waals surface area contributed by atoms with Crippen molar-refractivity contribution in [3.05, 3.63) is 432 Å². The van der Waals surface area contributed by atoms with Crippen LogP contribution in [0.5, 0.6) is 0 Å². The summed E-state index contributed by atoms with van der Waals surface area (Å²) < 4.78 is 8.07. The van der Waals surface area contributed by atoms with Crippen molar-refractivity contribution < 1.29 is 0 Å². The third kappa shape index (κ3) is 11.8. The maximum absolute atomic E-state index is 2.48. The van der Waals surface area contributed by atoms with Crippen LogP contribution in [0.1, 0.15) is 91.6 Å². The molecule has 0 saturated heterocycles. The third-order valence-electron chi connectivity index (χ3n) is 29.2. The van der Waals surface area contributed by atoms with Gasteiger partial charge in [0.15, 0.2) is 0 Å². The second-order valence-electron chi connectivity index (χ2n) is 37.7. The lowest BCUT2D eigenvalue weighted by Crippen LogP contribution is -2.14. The Morgan fingerprint density at radius 2 is 0.442 bits per heavy atom. The second-order valence-corrected chi connectivity index (χ2v) is 40.9. The van der Waals surface area contributed by atoms with Crippen molar-refractivity contribution in [2.24, 2.45) is 0 Å². The van der Waals surface area contributed by atoms with Crippen LogP contribution in [-0.4, -0.2) is 0 Å². The normalized spacial score (nSPS) is 13.7. The molecule has 612 valence electrons. The van der Waals surface area contributed by atoms with Gasteiger partial charge in [-0.1, -0.05) is 386 Å². The maximum Gasteiger partial charge on any atom is 0.0434 e. The highest BCUT2D eigenvalue weighted by atomic mass is 32.1. The van der Waals surface area contributed by atoms with Gasteiger partial charge in [0.1, 0.15) is 0 Å². The Morgan fingerprint density at radius 1 is 0.163 bits per heavy atom. The van der Waals surface area contributed by atoms with Gasteiger partial charge in [-0.05, 0) is 268 Å². The molecule has 0 amide bonds. The standard InChI is InChI=1S/3C42H30S/c1-25-19-21-32-35(23-25)39(26-20-22-28-27-11-6-8-17-36(27)42(2,3)37(28)24-26)30-13-4-5-14-31(30)40(32)34-16-10-15-33-29-12-7-9-18-38(29)43-41(33)34;1-25-19-21-31-34(23-25)39(26-20-22-28-27-11-6-8-16-35(27)42(2,3)36(28)24-26)29-12-4-5-13-30(29)40(31)33-15-10-18-38-41(33)32-14-7-9-17-37(32)43-38;1-25-16-19-33-35(22-25)41(27-17-20-29-28-10-6-8-14-36(28)42(2,3)37(29)24-27)32-13-5-4-12-31(32)40(33)26-18-21-39-34(23-26)30-11-7-9-15-38(30)43-39/h3*4-24H,1-3H3. The van der Waals surface area contributed by atoms with Gasteiger partial charge in [0.25, 0.3) is 0 Å². The van der Waals surface area contributed by atoms with E-state index >= 15 is 0 Å². The molecule has 0 nitrogen and oxygen atoms in total. The molecule has 24 aromatic rings. The van der Waals surface area contributed by atoms with Crippen LogP contribution in [0.4, 0.5) is 0 Å². The van der Waals surface area contributed by atoms with E-state index in [1.165, 1.54) is 275 Å². The van der Waals surface area contributed by atoms with Crippen LogP contribution in [0.2, 0.25) is 0 Å². The van der Waals surface area contributed by atoms with E-state index in [1.807, 2.05) is 34.0 Å². The van der Waals surface area contributed by atoms with Crippen LogP contribution < -0.4 is 0 Å². The Balaban J connectivity index is 0.000000105. The van der Waals surface area contributed by atoms with Crippen molar-refractivity contribution in [3.63, 3.8) is 0 Å². The van der Waals surface area contributed by atoms with Crippen LogP contribution in [0.15, 0.2) is 382 Å². The SMILES string of the molecule is Cc1ccc2c(-c3ccc4sc5ccccc5c4c3)c3ccccc3c(-c3ccc4c(c3)C(C)(C)c3ccccc3-4)c2c1.Cc1ccc2c(-c3cccc4c3sc3ccccc34)c3ccccc3c(-c3ccc4c(c3)C(C)(C)c3ccccc3-4)c2c1.Cc1ccc2c(-c3cccc4sc5ccccc5c34)c3ccccc3c(-c3ccc4c(c3)C(C)(C)c3ccccc3-4)c2c1. The number of rotatable bonds is 6. The molecule has 129 heavy (non-hydrogen) atoms. The van der Waals surface area contributed by atoms with Crippen LogP contribution in [0, 0.1) is 20.8 Å². The van der Waals surface area contributed by atoms with E-state index in [-0.39, 0.29) is 16.2 Å². The quantitative estimate of drug-likeness (QED) is 0.146. The molecule has 3 aromatic heterocycles. The first kappa shape index (κ1) is 77.2. The van der Waals surface area contributed by atoms with E-state index in [4.69, 9.17) is 0 Å². The van der Waals surface area contributed by atoms with Gasteiger partial charge in [0, 0.05) is 82.3 Å². The zero-order chi connectivity index (χ0) is 86.6. The largest absolute Gasteiger partial charge is 0.135 e. The fourth-order valence-electron chi connectivity index (χ4n) is 23.1. The molecule has 3 heteroatoms. The zero-order valence-corrected chi connectivity index (χ0v) is 76.0. The molecule has 21 aromatic carbocycles. The molecule has 0 atom stereocenters. The molecule has 27 rings (SSSR count). The Morgan fingerprint density at radius 3 is 0.899 bits per heavy atom. The summed E-state index contributed by atoms with van der Waals surface area (Å²) in [6, 6.07) is 144. The molecule has 0 radical (unpaired) electrons. The summed E-state index contributed by atoms with van der Waals surface area (Å²) in [5, 5.41) is 23.8. The van der Waals surface area contributed by atoms with E-state index < -0.39 is 0 Å². The van der Waals surface area contributed by atoms with E-state index in [9.17, 15) is 0 Å². The highest BCUT2D eigenvalue weighted by Gasteiger charge is 2.39. The van der Waals surface area contributed by atoms with Gasteiger partial charge in [-0.15, -0.1) is 34.0 Å². The van der Waals surface area contributed by atoms with Crippen molar-refractivity contribution >= 4 is 159 Å². The van der Waals surface area contributed by atoms with E-state index in [0.29, 0.717) is 0 Å². The van der Waals surface area contributed by atoms with Crippen molar-refractivity contribution in [2.75, 3.05) is 0 Å². The first-order valence-electron chi connectivity index (χ1n) is 45.3. The summed E-state index contributed by atoms with van der Waals surface area (Å²) in [6.07, 6.45) is 0. The van der Waals surface area contributed by atoms with Gasteiger partial charge in [0.05, 0.1) is 0 Å². The van der Waals surface area contributed by atoms with Crippen LogP contribution in [0.3, 0.4) is 0 Å². The Hall–Kier alpha value is -14.2. The van der Waals surface area contributed by atoms with Gasteiger partial charge in [-0.25, -0.2) is 0 Å². The molecule has 3 heterocycles. The average molecular weight is 1700 g/mol. The average Bonchev–Trinajstić information content (AvgIpc) is 1.63. The van der Waals surface area contributed by atoms with Gasteiger partial charge in [-0.2, -0.15) is 0 Å². The second kappa shape index (κ2) is 29.2. The van der Waals surface area contributed by atoms with E-state index in [2.05, 4.69) is 444 Å². The molecule has 3 aliphatic carbocycles. The summed E-state index contributed by atoms with van der Waals surface area (Å²) in [4.78, 5) is 0. The van der Waals surface area contributed by atoms with Gasteiger partial charge >= 0.3 is 0 Å². The van der Waals surface area contributed by atoms with Crippen LogP contribution >= 0.6 is 34.0 Å². The molecule has 0 bridgehead atoms. The molecule has 0 aliphatic heterocycles. The smallest absolute Gasteiger partial charge is 0.0434 e. The Kier molecular flexibility index (Phi) is 17.5. The summed E-state index contributed by atoms with van der Waals surface area (Å²) in [5.74, 6) is 0. The Bertz CT molecular complexity index is 8930. The maximum atomic E-state index is 2.48. The van der Waals surface area contributed by atoms with E-state index in [0.717, 1.165) is 0 Å². The summed E-state index contributed by atoms with van der Waals surface area (Å²) in [6.45, 7) is 20.9. The first-order chi connectivity index (χ1) is 63.0. The van der Waals surface area contributed by atoms with Crippen LogP contribution in [0.25, 0.3) is 225 Å². The summed E-state index contributed by atoms with van der Waals surface area (Å²) in [7, 11) is 0. The van der Waals surface area contributed by atoms with Gasteiger partial charge in [0.2, 0.25) is 0 Å². The lowest BCUT2D eigenvalue weighted by atomic mass is 9.80. The number of benzene rings is 21. The van der Waals surface area contributed by atoms with Crippen molar-refractivity contribution in [2.45, 2.75) is 78.6 Å². The topological polar surface area (TPSA) is 0 Å². The highest BCUT2D eigenvalue weighted by Crippen LogP contribution is 2.58. The third-order valence-corrected chi connectivity index (χ3v) is 32.7. The fourth-order valence-corrected chi connectivity index (χ4v) is 26.5. The number of fused-ring (bicyclic) bond motifs is 24. The number of hydrogen-bond acceptors (Lipinski definition) is 3. The predicted molar refractivity (Wildman–Crippen MR) is 563 cm³/mol. The summed E-state index contributed by atoms with van der Waals surface area (Å²) in [5.41, 5.74) is 36.1. The minimum atomic E-state index is -0.0426. The van der Waals surface area contributed by atoms with Crippen molar-refractivity contribution in [3.8, 4) is 100 Å². The number of aryl methyl sites for hydroxylation is 3. The predicted octanol–water partition coefficient (Wildman–Crippen LogP) is 36.9. The molecule has 0 fully saturated rings. The Labute approximate surface area is 764 Å². The monoisotopic (exact) mass is 1700 g/mol. The molecule has 0 spiro atoms. The minimum absolute atomic E-state index is 0.0396. The van der Waals surface area contributed by atoms with E-state index in [1.54, 1.807) is 0 Å². The van der Waals surface area contributed by atoms with Crippen LogP contribution in [-0.2, 0) is 16.2 Å². The lowest BCUT2D eigenvalue weighted by molar-refractivity contribution is 0.660. The molecule has 0 saturated carbocycles. The minimum Gasteiger partial charge on any atom is -0.135 e. The van der Waals surface area contributed by atoms with Gasteiger partial charge < -0.3 is 0 Å². The number of thiophene rings is 3. The molecule has 3 aliphatic rings. The fraction of sp³-hybridized carbons (Fsp3) is 0.0952. The molecule has 0 unspecified atom stereocenters. The highest BCUT2D eigenvalue weighted by molar-refractivity contribution is 7.27. The number of hydrogen-bond donors (Lipinski definition) is 0. The van der Waals surface area contributed by atoms with Crippen molar-refractivity contribution in [1.82, 2.24) is 0 Å². The first-order valence-corrected chi connectivity index (χ1v) is 47.8. The molecular weight excluding hydrogens is 1610 g/mol. The molecule has 0 N–H and O–H groups in total. The zero-order valence-electron chi connectivity index (χ0n) is 73.6. The summed E-state index contributed by atoms with van der Waals surface area (Å²) >= 11 is 5.68.